The summed E-state index contributed by atoms with van der Waals surface area (Å²) in [7, 11) is 0. The van der Waals surface area contributed by atoms with E-state index in [-0.39, 0.29) is 17.5 Å². The molecule has 5 nitrogen and oxygen atoms in total. The van der Waals surface area contributed by atoms with E-state index >= 15 is 0 Å². The number of amides is 2. The molecule has 17 heavy (non-hydrogen) atoms. The van der Waals surface area contributed by atoms with Crippen molar-refractivity contribution in [1.82, 2.24) is 10.2 Å². The van der Waals surface area contributed by atoms with E-state index in [0.29, 0.717) is 13.0 Å². The number of likely N-dealkylation sites (tertiary alicyclic amines) is 1. The Bertz CT molecular complexity index is 367. The van der Waals surface area contributed by atoms with Crippen molar-refractivity contribution in [3.63, 3.8) is 0 Å². The fraction of sp³-hybridized carbons (Fsp3) is 0.833. The third-order valence-electron chi connectivity index (χ3n) is 4.16. The van der Waals surface area contributed by atoms with Crippen LogP contribution in [0.15, 0.2) is 0 Å². The van der Waals surface area contributed by atoms with Crippen molar-refractivity contribution in [2.75, 3.05) is 6.54 Å². The number of nitrogens with zero attached hydrogens (tertiary/aromatic N) is 1. The third kappa shape index (κ3) is 1.98. The van der Waals surface area contributed by atoms with E-state index in [1.807, 2.05) is 0 Å². The minimum absolute atomic E-state index is 0.162. The van der Waals surface area contributed by atoms with E-state index in [1.165, 1.54) is 4.90 Å². The first-order chi connectivity index (χ1) is 7.77. The molecule has 2 amide bonds. The quantitative estimate of drug-likeness (QED) is 0.767. The van der Waals surface area contributed by atoms with E-state index in [4.69, 9.17) is 0 Å². The van der Waals surface area contributed by atoms with Gasteiger partial charge in [0.05, 0.1) is 0 Å². The van der Waals surface area contributed by atoms with Gasteiger partial charge in [0.1, 0.15) is 5.54 Å². The van der Waals surface area contributed by atoms with E-state index in [0.717, 1.165) is 12.8 Å². The Morgan fingerprint density at radius 2 is 1.94 bits per heavy atom. The second-order valence-electron chi connectivity index (χ2n) is 6.03. The standard InChI is InChI=1S/C12H20N2O3/c1-11(2)7-8(11)13-10(17)14-6-4-5-12(14,3)9(15)16/h8H,4-7H2,1-3H3,(H,13,17)(H,15,16). The summed E-state index contributed by atoms with van der Waals surface area (Å²) in [6.07, 6.45) is 2.25. The number of carbonyl (C=O) groups is 2. The number of hydrogen-bond donors (Lipinski definition) is 2. The molecule has 1 aliphatic heterocycles. The maximum absolute atomic E-state index is 12.1. The zero-order valence-corrected chi connectivity index (χ0v) is 10.6. The van der Waals surface area contributed by atoms with Gasteiger partial charge in [-0.2, -0.15) is 0 Å². The van der Waals surface area contributed by atoms with Crippen molar-refractivity contribution in [3.05, 3.63) is 0 Å². The molecule has 96 valence electrons. The largest absolute Gasteiger partial charge is 0.480 e. The number of aliphatic carboxylic acids is 1. The smallest absolute Gasteiger partial charge is 0.329 e. The number of rotatable bonds is 2. The second kappa shape index (κ2) is 3.62. The third-order valence-corrected chi connectivity index (χ3v) is 4.16. The molecular formula is C12H20N2O3. The Kier molecular flexibility index (Phi) is 2.60. The Morgan fingerprint density at radius 3 is 2.41 bits per heavy atom. The van der Waals surface area contributed by atoms with Gasteiger partial charge < -0.3 is 15.3 Å². The minimum Gasteiger partial charge on any atom is -0.480 e. The van der Waals surface area contributed by atoms with Gasteiger partial charge in [-0.05, 0) is 31.6 Å². The van der Waals surface area contributed by atoms with Crippen LogP contribution in [0.4, 0.5) is 4.79 Å². The number of nitrogens with one attached hydrogen (secondary N) is 1. The van der Waals surface area contributed by atoms with Crippen molar-refractivity contribution in [1.29, 1.82) is 0 Å². The predicted molar refractivity (Wildman–Crippen MR) is 62.7 cm³/mol. The van der Waals surface area contributed by atoms with Gasteiger partial charge in [-0.1, -0.05) is 13.8 Å². The Hall–Kier alpha value is -1.26. The van der Waals surface area contributed by atoms with Crippen molar-refractivity contribution in [2.45, 2.75) is 51.6 Å². The normalized spacial score (nSPS) is 34.5. The van der Waals surface area contributed by atoms with E-state index < -0.39 is 11.5 Å². The molecule has 0 spiro atoms. The highest BCUT2D eigenvalue weighted by Gasteiger charge is 2.50. The van der Waals surface area contributed by atoms with Crippen molar-refractivity contribution in [2.24, 2.45) is 5.41 Å². The van der Waals surface area contributed by atoms with Gasteiger partial charge in [-0.25, -0.2) is 9.59 Å². The van der Waals surface area contributed by atoms with Crippen LogP contribution in [0.5, 0.6) is 0 Å². The highest BCUT2D eigenvalue weighted by molar-refractivity contribution is 5.86. The summed E-state index contributed by atoms with van der Waals surface area (Å²) in [5, 5.41) is 12.1. The molecular weight excluding hydrogens is 220 g/mol. The first-order valence-electron chi connectivity index (χ1n) is 6.09. The maximum Gasteiger partial charge on any atom is 0.329 e. The maximum atomic E-state index is 12.1. The lowest BCUT2D eigenvalue weighted by molar-refractivity contribution is -0.147. The fourth-order valence-corrected chi connectivity index (χ4v) is 2.45. The Balaban J connectivity index is 2.02. The molecule has 0 radical (unpaired) electrons. The highest BCUT2D eigenvalue weighted by Crippen LogP contribution is 2.45. The summed E-state index contributed by atoms with van der Waals surface area (Å²) < 4.78 is 0. The molecule has 1 heterocycles. The summed E-state index contributed by atoms with van der Waals surface area (Å²) in [5.41, 5.74) is -0.877. The molecule has 0 bridgehead atoms. The van der Waals surface area contributed by atoms with Crippen LogP contribution in [0.3, 0.4) is 0 Å². The molecule has 2 aliphatic rings. The topological polar surface area (TPSA) is 69.6 Å². The molecule has 1 saturated heterocycles. The summed E-state index contributed by atoms with van der Waals surface area (Å²) in [6, 6.07) is -0.0448. The zero-order valence-electron chi connectivity index (χ0n) is 10.6. The van der Waals surface area contributed by atoms with Crippen LogP contribution in [0.25, 0.3) is 0 Å². The number of urea groups is 1. The van der Waals surface area contributed by atoms with Crippen molar-refractivity contribution >= 4 is 12.0 Å². The summed E-state index contributed by atoms with van der Waals surface area (Å²) in [4.78, 5) is 24.8. The molecule has 2 rings (SSSR count). The molecule has 2 atom stereocenters. The SMILES string of the molecule is CC1(C)CC1NC(=O)N1CCCC1(C)C(=O)O. The van der Waals surface area contributed by atoms with Gasteiger partial charge in [-0.3, -0.25) is 0 Å². The predicted octanol–water partition coefficient (Wildman–Crippen LogP) is 1.43. The Labute approximate surface area is 101 Å². The van der Waals surface area contributed by atoms with Crippen LogP contribution >= 0.6 is 0 Å². The van der Waals surface area contributed by atoms with Gasteiger partial charge in [0.15, 0.2) is 0 Å². The molecule has 5 heteroatoms. The monoisotopic (exact) mass is 240 g/mol. The first kappa shape index (κ1) is 12.2. The molecule has 1 saturated carbocycles. The lowest BCUT2D eigenvalue weighted by atomic mass is 10.00. The lowest BCUT2D eigenvalue weighted by Crippen LogP contribution is -2.54. The van der Waals surface area contributed by atoms with Gasteiger partial charge >= 0.3 is 12.0 Å². The molecule has 1 aliphatic carbocycles. The van der Waals surface area contributed by atoms with Gasteiger partial charge in [-0.15, -0.1) is 0 Å². The highest BCUT2D eigenvalue weighted by atomic mass is 16.4. The van der Waals surface area contributed by atoms with Gasteiger partial charge in [0, 0.05) is 12.6 Å². The zero-order chi connectivity index (χ0) is 12.8. The first-order valence-corrected chi connectivity index (χ1v) is 6.09. The summed E-state index contributed by atoms with van der Waals surface area (Å²) >= 11 is 0. The van der Waals surface area contributed by atoms with E-state index in [9.17, 15) is 14.7 Å². The minimum atomic E-state index is -1.04. The molecule has 0 aromatic carbocycles. The molecule has 2 N–H and O–H groups in total. The van der Waals surface area contributed by atoms with Crippen LogP contribution in [0.1, 0.15) is 40.0 Å². The van der Waals surface area contributed by atoms with Crippen LogP contribution in [0, 0.1) is 5.41 Å². The number of carboxylic acid groups (broad SMARTS) is 1. The fourth-order valence-electron chi connectivity index (χ4n) is 2.45. The number of hydrogen-bond acceptors (Lipinski definition) is 2. The molecule has 2 fully saturated rings. The van der Waals surface area contributed by atoms with Gasteiger partial charge in [0.2, 0.25) is 0 Å². The van der Waals surface area contributed by atoms with Crippen LogP contribution in [-0.4, -0.2) is 40.1 Å². The second-order valence-corrected chi connectivity index (χ2v) is 6.03. The molecule has 2 unspecified atom stereocenters. The van der Waals surface area contributed by atoms with Crippen LogP contribution in [-0.2, 0) is 4.79 Å². The average molecular weight is 240 g/mol. The molecule has 0 aromatic heterocycles. The number of carboxylic acids is 1. The number of carbonyl (C=O) groups excluding carboxylic acids is 1. The summed E-state index contributed by atoms with van der Waals surface area (Å²) in [5.74, 6) is -0.916. The van der Waals surface area contributed by atoms with Gasteiger partial charge in [0.25, 0.3) is 0 Å². The van der Waals surface area contributed by atoms with Crippen molar-refractivity contribution < 1.29 is 14.7 Å². The van der Waals surface area contributed by atoms with E-state index in [1.54, 1.807) is 6.92 Å². The lowest BCUT2D eigenvalue weighted by Gasteiger charge is -2.31. The van der Waals surface area contributed by atoms with Crippen LogP contribution in [0.2, 0.25) is 0 Å². The van der Waals surface area contributed by atoms with Crippen molar-refractivity contribution in [3.8, 4) is 0 Å². The Morgan fingerprint density at radius 1 is 1.35 bits per heavy atom. The van der Waals surface area contributed by atoms with Crippen LogP contribution < -0.4 is 5.32 Å². The summed E-state index contributed by atoms with van der Waals surface area (Å²) in [6.45, 7) is 6.35. The molecule has 0 aromatic rings. The van der Waals surface area contributed by atoms with E-state index in [2.05, 4.69) is 19.2 Å². The average Bonchev–Trinajstić information content (AvgIpc) is 2.64.